The van der Waals surface area contributed by atoms with Crippen LogP contribution >= 0.6 is 11.6 Å². The number of aryl methyl sites for hydroxylation is 1. The van der Waals surface area contributed by atoms with Crippen molar-refractivity contribution in [1.82, 2.24) is 4.98 Å². The zero-order valence-corrected chi connectivity index (χ0v) is 15.6. The highest BCUT2D eigenvalue weighted by Gasteiger charge is 2.32. The fourth-order valence-electron chi connectivity index (χ4n) is 3.33. The van der Waals surface area contributed by atoms with Crippen molar-refractivity contribution in [3.8, 4) is 22.6 Å². The Labute approximate surface area is 166 Å². The highest BCUT2D eigenvalue weighted by atomic mass is 35.5. The highest BCUT2D eigenvalue weighted by Crippen LogP contribution is 2.46. The lowest BCUT2D eigenvalue weighted by Gasteiger charge is -2.27. The summed E-state index contributed by atoms with van der Waals surface area (Å²) in [5, 5.41) is 20.5. The molecule has 4 rings (SSSR count). The smallest absolute Gasteiger partial charge is 0.173 e. The Bertz CT molecular complexity index is 1110. The molecule has 1 aromatic heterocycles. The minimum absolute atomic E-state index is 0.0817. The van der Waals surface area contributed by atoms with E-state index >= 15 is 0 Å². The minimum Gasteiger partial charge on any atom is -0.507 e. The average molecular weight is 394 g/mol. The summed E-state index contributed by atoms with van der Waals surface area (Å²) in [6.45, 7) is 1.92. The molecular formula is C22H16ClNO4. The van der Waals surface area contributed by atoms with Crippen LogP contribution in [0.1, 0.15) is 22.6 Å². The molecule has 1 atom stereocenters. The van der Waals surface area contributed by atoms with E-state index in [1.807, 2.05) is 31.2 Å². The fourth-order valence-corrected chi connectivity index (χ4v) is 3.51. The number of hydrogen-bond acceptors (Lipinski definition) is 5. The van der Waals surface area contributed by atoms with E-state index in [9.17, 15) is 15.0 Å². The van der Waals surface area contributed by atoms with Crippen molar-refractivity contribution in [1.29, 1.82) is 0 Å². The van der Waals surface area contributed by atoms with E-state index in [0.29, 0.717) is 23.2 Å². The van der Waals surface area contributed by atoms with Gasteiger partial charge in [-0.2, -0.15) is 0 Å². The Morgan fingerprint density at radius 3 is 2.50 bits per heavy atom. The zero-order valence-electron chi connectivity index (χ0n) is 14.9. The summed E-state index contributed by atoms with van der Waals surface area (Å²) >= 11 is 6.01. The maximum atomic E-state index is 11.9. The third kappa shape index (κ3) is 3.00. The van der Waals surface area contributed by atoms with Gasteiger partial charge in [-0.1, -0.05) is 17.7 Å². The number of phenolic OH excluding ortho intramolecular Hbond substituents is 1. The van der Waals surface area contributed by atoms with E-state index in [1.54, 1.807) is 18.5 Å². The Hall–Kier alpha value is -3.31. The lowest BCUT2D eigenvalue weighted by Crippen LogP contribution is -2.17. The number of aliphatic hydroxyl groups excluding tert-OH is 1. The fraction of sp³-hybridized carbons (Fsp3) is 0.0909. The molecule has 0 aliphatic carbocycles. The van der Waals surface area contributed by atoms with Crippen molar-refractivity contribution in [3.63, 3.8) is 0 Å². The molecule has 0 fully saturated rings. The van der Waals surface area contributed by atoms with Gasteiger partial charge in [-0.15, -0.1) is 0 Å². The number of benzene rings is 2. The second-order valence-electron chi connectivity index (χ2n) is 6.56. The number of aliphatic hydroxyl groups is 1. The predicted octanol–water partition coefficient (Wildman–Crippen LogP) is 5.02. The summed E-state index contributed by atoms with van der Waals surface area (Å²) in [4.78, 5) is 15.9. The van der Waals surface area contributed by atoms with Crippen LogP contribution in [-0.4, -0.2) is 21.5 Å². The normalized spacial score (nSPS) is 15.7. The van der Waals surface area contributed by atoms with Crippen LogP contribution < -0.4 is 4.74 Å². The van der Waals surface area contributed by atoms with Gasteiger partial charge in [-0.05, 0) is 54.4 Å². The quantitative estimate of drug-likeness (QED) is 0.611. The number of rotatable bonds is 3. The van der Waals surface area contributed by atoms with Crippen LogP contribution in [0.15, 0.2) is 60.6 Å². The number of pyridine rings is 1. The van der Waals surface area contributed by atoms with Crippen molar-refractivity contribution in [2.24, 2.45) is 0 Å². The maximum Gasteiger partial charge on any atom is 0.173 e. The second kappa shape index (κ2) is 7.02. The first kappa shape index (κ1) is 18.1. The molecule has 2 N–H and O–H groups in total. The Kier molecular flexibility index (Phi) is 4.53. The van der Waals surface area contributed by atoms with Gasteiger partial charge in [-0.25, -0.2) is 0 Å². The number of aromatic hydroxyl groups is 1. The third-order valence-electron chi connectivity index (χ3n) is 4.67. The van der Waals surface area contributed by atoms with E-state index < -0.39 is 5.92 Å². The van der Waals surface area contributed by atoms with Gasteiger partial charge in [-0.3, -0.25) is 4.98 Å². The largest absolute Gasteiger partial charge is 0.507 e. The summed E-state index contributed by atoms with van der Waals surface area (Å²) in [5.74, 6) is -0.527. The minimum atomic E-state index is -0.869. The van der Waals surface area contributed by atoms with Gasteiger partial charge in [0.05, 0.1) is 5.02 Å². The molecular weight excluding hydrogens is 378 g/mol. The number of nitrogens with zero attached hydrogens (tertiary/aromatic N) is 1. The third-order valence-corrected chi connectivity index (χ3v) is 4.97. The van der Waals surface area contributed by atoms with E-state index in [0.717, 1.165) is 16.7 Å². The molecule has 0 radical (unpaired) electrons. The molecule has 1 aliphatic rings. The second-order valence-corrected chi connectivity index (χ2v) is 6.97. The van der Waals surface area contributed by atoms with Crippen LogP contribution in [0.3, 0.4) is 0 Å². The molecule has 0 amide bonds. The Balaban J connectivity index is 1.93. The number of hydrogen-bond donors (Lipinski definition) is 2. The SMILES string of the molecule is Cc1cc(-c2ccncc2)c2c(c1)C(C=O)C(O)=C(c1ccc(O)c(Cl)c1)O2. The molecule has 28 heavy (non-hydrogen) atoms. The van der Waals surface area contributed by atoms with Crippen LogP contribution in [0, 0.1) is 6.92 Å². The Morgan fingerprint density at radius 2 is 1.82 bits per heavy atom. The molecule has 6 heteroatoms. The van der Waals surface area contributed by atoms with Gasteiger partial charge in [0, 0.05) is 29.1 Å². The van der Waals surface area contributed by atoms with Gasteiger partial charge in [0.1, 0.15) is 23.7 Å². The van der Waals surface area contributed by atoms with Crippen molar-refractivity contribution < 1.29 is 19.7 Å². The van der Waals surface area contributed by atoms with Crippen molar-refractivity contribution in [2.45, 2.75) is 12.8 Å². The molecule has 0 saturated carbocycles. The number of carbonyl (C=O) groups is 1. The van der Waals surface area contributed by atoms with Gasteiger partial charge in [0.15, 0.2) is 11.5 Å². The molecule has 2 heterocycles. The molecule has 0 saturated heterocycles. The van der Waals surface area contributed by atoms with Crippen molar-refractivity contribution >= 4 is 23.6 Å². The molecule has 3 aromatic rings. The first-order chi connectivity index (χ1) is 13.5. The van der Waals surface area contributed by atoms with Crippen LogP contribution in [-0.2, 0) is 4.79 Å². The lowest BCUT2D eigenvalue weighted by molar-refractivity contribution is -0.109. The summed E-state index contributed by atoms with van der Waals surface area (Å²) in [5.41, 5.74) is 3.65. The number of aldehydes is 1. The monoisotopic (exact) mass is 393 g/mol. The topological polar surface area (TPSA) is 79.7 Å². The van der Waals surface area contributed by atoms with E-state index in [2.05, 4.69) is 4.98 Å². The number of aromatic nitrogens is 1. The Morgan fingerprint density at radius 1 is 1.07 bits per heavy atom. The number of carbonyl (C=O) groups excluding carboxylic acids is 1. The molecule has 5 nitrogen and oxygen atoms in total. The summed E-state index contributed by atoms with van der Waals surface area (Å²) in [6, 6.07) is 11.9. The molecule has 2 aromatic carbocycles. The van der Waals surface area contributed by atoms with E-state index in [1.165, 1.54) is 12.1 Å². The number of fused-ring (bicyclic) bond motifs is 1. The molecule has 0 bridgehead atoms. The number of halogens is 1. The predicted molar refractivity (Wildman–Crippen MR) is 107 cm³/mol. The van der Waals surface area contributed by atoms with Gasteiger partial charge < -0.3 is 19.7 Å². The first-order valence-corrected chi connectivity index (χ1v) is 8.97. The number of ether oxygens (including phenoxy) is 1. The summed E-state index contributed by atoms with van der Waals surface area (Å²) < 4.78 is 6.11. The molecule has 1 aliphatic heterocycles. The maximum absolute atomic E-state index is 11.9. The highest BCUT2D eigenvalue weighted by molar-refractivity contribution is 6.32. The van der Waals surface area contributed by atoms with Gasteiger partial charge in [0.2, 0.25) is 0 Å². The molecule has 140 valence electrons. The van der Waals surface area contributed by atoms with Crippen molar-refractivity contribution in [2.75, 3.05) is 0 Å². The van der Waals surface area contributed by atoms with E-state index in [4.69, 9.17) is 16.3 Å². The molecule has 0 spiro atoms. The van der Waals surface area contributed by atoms with Crippen molar-refractivity contribution in [3.05, 3.63) is 82.3 Å². The van der Waals surface area contributed by atoms with Gasteiger partial charge in [0.25, 0.3) is 0 Å². The average Bonchev–Trinajstić information content (AvgIpc) is 2.70. The number of phenols is 1. The van der Waals surface area contributed by atoms with Crippen LogP contribution in [0.5, 0.6) is 11.5 Å². The lowest BCUT2D eigenvalue weighted by atomic mass is 9.88. The van der Waals surface area contributed by atoms with Crippen LogP contribution in [0.2, 0.25) is 5.02 Å². The standard InChI is InChI=1S/C22H16ClNO4/c1-12-8-15(13-4-6-24-7-5-13)22-16(9-12)17(11-25)20(27)21(28-22)14-2-3-19(26)18(23)10-14/h2-11,17,26-27H,1H3. The zero-order chi connectivity index (χ0) is 19.8. The molecule has 1 unspecified atom stereocenters. The first-order valence-electron chi connectivity index (χ1n) is 8.59. The van der Waals surface area contributed by atoms with E-state index in [-0.39, 0.29) is 22.3 Å². The van der Waals surface area contributed by atoms with Crippen LogP contribution in [0.4, 0.5) is 0 Å². The summed E-state index contributed by atoms with van der Waals surface area (Å²) in [6.07, 6.45) is 4.05. The summed E-state index contributed by atoms with van der Waals surface area (Å²) in [7, 11) is 0. The van der Waals surface area contributed by atoms with Gasteiger partial charge >= 0.3 is 0 Å². The number of allylic oxidation sites excluding steroid dienone is 1. The van der Waals surface area contributed by atoms with Crippen LogP contribution in [0.25, 0.3) is 16.9 Å².